The zero-order chi connectivity index (χ0) is 14.8. The van der Waals surface area contributed by atoms with Crippen molar-refractivity contribution in [3.05, 3.63) is 59.7 Å². The topological polar surface area (TPSA) is 17.1 Å². The largest absolute Gasteiger partial charge is 0.298 e. The van der Waals surface area contributed by atoms with Gasteiger partial charge in [0, 0.05) is 5.56 Å². The average Bonchev–Trinajstić information content (AvgIpc) is 2.55. The first-order valence-corrected chi connectivity index (χ1v) is 7.39. The minimum Gasteiger partial charge on any atom is -0.298 e. The Morgan fingerprint density at radius 2 is 1.19 bits per heavy atom. The molecule has 0 atom stereocenters. The van der Waals surface area contributed by atoms with Crippen molar-refractivity contribution in [2.45, 2.75) is 47.5 Å². The van der Waals surface area contributed by atoms with Crippen molar-refractivity contribution < 1.29 is 4.79 Å². The molecule has 0 spiro atoms. The summed E-state index contributed by atoms with van der Waals surface area (Å²) < 4.78 is 0. The number of benzene rings is 2. The molecule has 0 aliphatic carbocycles. The maximum Gasteiger partial charge on any atom is 0.150 e. The van der Waals surface area contributed by atoms with Crippen LogP contribution in [0.3, 0.4) is 0 Å². The molecular formula is C20H28O. The predicted molar refractivity (Wildman–Crippen MR) is 94.0 cm³/mol. The third-order valence-electron chi connectivity index (χ3n) is 3.24. The van der Waals surface area contributed by atoms with Crippen LogP contribution in [-0.2, 0) is 6.42 Å². The van der Waals surface area contributed by atoms with Crippen LogP contribution in [0, 0.1) is 0 Å². The third kappa shape index (κ3) is 6.40. The second kappa shape index (κ2) is 10.8. The summed E-state index contributed by atoms with van der Waals surface area (Å²) in [5.74, 6) is 0. The number of hydrogen-bond donors (Lipinski definition) is 0. The Morgan fingerprint density at radius 3 is 1.52 bits per heavy atom. The van der Waals surface area contributed by atoms with Gasteiger partial charge in [0.1, 0.15) is 6.29 Å². The molecule has 0 bridgehead atoms. The van der Waals surface area contributed by atoms with Crippen LogP contribution >= 0.6 is 0 Å². The number of carbonyl (C=O) groups excluding carboxylic acids is 1. The Labute approximate surface area is 130 Å². The van der Waals surface area contributed by atoms with Gasteiger partial charge in [0.15, 0.2) is 0 Å². The SMILES string of the molecule is C.CCCC.CCc1ccc(-c2ccc(C=O)cc2)cc1. The Hall–Kier alpha value is -1.89. The van der Waals surface area contributed by atoms with Gasteiger partial charge in [-0.25, -0.2) is 0 Å². The molecule has 0 saturated heterocycles. The van der Waals surface area contributed by atoms with Gasteiger partial charge in [0.05, 0.1) is 0 Å². The van der Waals surface area contributed by atoms with Crippen LogP contribution in [0.15, 0.2) is 48.5 Å². The average molecular weight is 284 g/mol. The van der Waals surface area contributed by atoms with Crippen molar-refractivity contribution in [3.8, 4) is 11.1 Å². The molecule has 0 saturated carbocycles. The molecule has 2 aromatic carbocycles. The molecule has 0 unspecified atom stereocenters. The first-order chi connectivity index (χ1) is 9.74. The smallest absolute Gasteiger partial charge is 0.150 e. The van der Waals surface area contributed by atoms with Gasteiger partial charge in [0.2, 0.25) is 0 Å². The molecule has 2 aromatic rings. The first-order valence-electron chi connectivity index (χ1n) is 7.39. The predicted octanol–water partition coefficient (Wildman–Crippen LogP) is 6.17. The summed E-state index contributed by atoms with van der Waals surface area (Å²) in [5, 5.41) is 0. The maximum absolute atomic E-state index is 10.5. The summed E-state index contributed by atoms with van der Waals surface area (Å²) in [6, 6.07) is 16.2. The molecule has 0 N–H and O–H groups in total. The Morgan fingerprint density at radius 1 is 0.762 bits per heavy atom. The molecule has 0 fully saturated rings. The lowest BCUT2D eigenvalue weighted by molar-refractivity contribution is 0.112. The van der Waals surface area contributed by atoms with E-state index >= 15 is 0 Å². The van der Waals surface area contributed by atoms with E-state index in [1.807, 2.05) is 24.3 Å². The fourth-order valence-electron chi connectivity index (χ4n) is 1.69. The highest BCUT2D eigenvalue weighted by Gasteiger charge is 1.97. The van der Waals surface area contributed by atoms with Gasteiger partial charge in [-0.1, -0.05) is 89.6 Å². The first kappa shape index (κ1) is 19.1. The van der Waals surface area contributed by atoms with Crippen molar-refractivity contribution >= 4 is 6.29 Å². The van der Waals surface area contributed by atoms with Crippen LogP contribution < -0.4 is 0 Å². The van der Waals surface area contributed by atoms with E-state index in [9.17, 15) is 4.79 Å². The normalized spacial score (nSPS) is 9.10. The fraction of sp³-hybridized carbons (Fsp3) is 0.350. The minimum atomic E-state index is 0. The lowest BCUT2D eigenvalue weighted by Crippen LogP contribution is -1.83. The van der Waals surface area contributed by atoms with Gasteiger partial charge >= 0.3 is 0 Å². The van der Waals surface area contributed by atoms with Crippen LogP contribution in [0.2, 0.25) is 0 Å². The summed E-state index contributed by atoms with van der Waals surface area (Å²) in [7, 11) is 0. The van der Waals surface area contributed by atoms with Gasteiger partial charge in [0.25, 0.3) is 0 Å². The van der Waals surface area contributed by atoms with Crippen molar-refractivity contribution in [2.75, 3.05) is 0 Å². The highest BCUT2D eigenvalue weighted by molar-refractivity contribution is 5.76. The van der Waals surface area contributed by atoms with E-state index in [0.29, 0.717) is 5.56 Å². The molecular weight excluding hydrogens is 256 g/mol. The molecule has 0 aliphatic rings. The molecule has 0 aliphatic heterocycles. The number of aryl methyl sites for hydroxylation is 1. The van der Waals surface area contributed by atoms with Crippen LogP contribution in [-0.4, -0.2) is 6.29 Å². The van der Waals surface area contributed by atoms with Crippen molar-refractivity contribution in [1.29, 1.82) is 0 Å². The summed E-state index contributed by atoms with van der Waals surface area (Å²) in [5.41, 5.74) is 4.39. The van der Waals surface area contributed by atoms with Crippen LogP contribution in [0.25, 0.3) is 11.1 Å². The zero-order valence-corrected chi connectivity index (χ0v) is 12.7. The van der Waals surface area contributed by atoms with E-state index in [0.717, 1.165) is 18.3 Å². The van der Waals surface area contributed by atoms with E-state index in [-0.39, 0.29) is 7.43 Å². The quantitative estimate of drug-likeness (QED) is 0.613. The molecule has 21 heavy (non-hydrogen) atoms. The van der Waals surface area contributed by atoms with Gasteiger partial charge < -0.3 is 0 Å². The van der Waals surface area contributed by atoms with E-state index in [2.05, 4.69) is 45.0 Å². The highest BCUT2D eigenvalue weighted by atomic mass is 16.1. The summed E-state index contributed by atoms with van der Waals surface area (Å²) in [6.07, 6.45) is 4.56. The molecule has 1 heteroatoms. The van der Waals surface area contributed by atoms with E-state index in [1.165, 1.54) is 24.0 Å². The monoisotopic (exact) mass is 284 g/mol. The molecule has 1 nitrogen and oxygen atoms in total. The van der Waals surface area contributed by atoms with E-state index in [1.54, 1.807) is 0 Å². The van der Waals surface area contributed by atoms with Crippen molar-refractivity contribution in [3.63, 3.8) is 0 Å². The van der Waals surface area contributed by atoms with Gasteiger partial charge in [-0.05, 0) is 23.1 Å². The van der Waals surface area contributed by atoms with Crippen LogP contribution in [0.1, 0.15) is 57.0 Å². The lowest BCUT2D eigenvalue weighted by atomic mass is 10.0. The second-order valence-corrected chi connectivity index (χ2v) is 4.79. The zero-order valence-electron chi connectivity index (χ0n) is 12.7. The number of unbranched alkanes of at least 4 members (excludes halogenated alkanes) is 1. The molecule has 2 rings (SSSR count). The number of carbonyl (C=O) groups is 1. The summed E-state index contributed by atoms with van der Waals surface area (Å²) >= 11 is 0. The lowest BCUT2D eigenvalue weighted by Gasteiger charge is -2.03. The van der Waals surface area contributed by atoms with Crippen LogP contribution in [0.5, 0.6) is 0 Å². The number of hydrogen-bond acceptors (Lipinski definition) is 1. The van der Waals surface area contributed by atoms with Crippen molar-refractivity contribution in [2.24, 2.45) is 0 Å². The molecule has 0 amide bonds. The molecule has 0 heterocycles. The molecule has 114 valence electrons. The van der Waals surface area contributed by atoms with Gasteiger partial charge in [-0.3, -0.25) is 4.79 Å². The highest BCUT2D eigenvalue weighted by Crippen LogP contribution is 2.20. The Kier molecular flexibility index (Phi) is 9.87. The maximum atomic E-state index is 10.5. The summed E-state index contributed by atoms with van der Waals surface area (Å²) in [6.45, 7) is 6.51. The standard InChI is InChI=1S/C15H14O.C4H10.CH4/c1-2-12-3-7-14(8-4-12)15-9-5-13(11-16)6-10-15;1-3-4-2;/h3-11H,2H2,1H3;3-4H2,1-2H3;1H4. The summed E-state index contributed by atoms with van der Waals surface area (Å²) in [4.78, 5) is 10.5. The van der Waals surface area contributed by atoms with E-state index < -0.39 is 0 Å². The number of aldehydes is 1. The molecule has 0 aromatic heterocycles. The Balaban J connectivity index is 0.000000715. The van der Waals surface area contributed by atoms with Gasteiger partial charge in [-0.2, -0.15) is 0 Å². The second-order valence-electron chi connectivity index (χ2n) is 4.79. The van der Waals surface area contributed by atoms with Gasteiger partial charge in [-0.15, -0.1) is 0 Å². The Bertz CT molecular complexity index is 492. The number of rotatable bonds is 4. The third-order valence-corrected chi connectivity index (χ3v) is 3.24. The van der Waals surface area contributed by atoms with E-state index in [4.69, 9.17) is 0 Å². The van der Waals surface area contributed by atoms with Crippen molar-refractivity contribution in [1.82, 2.24) is 0 Å². The fourth-order valence-corrected chi connectivity index (χ4v) is 1.69. The minimum absolute atomic E-state index is 0. The molecule has 0 radical (unpaired) electrons. The van der Waals surface area contributed by atoms with Crippen LogP contribution in [0.4, 0.5) is 0 Å².